The van der Waals surface area contributed by atoms with Crippen LogP contribution in [0.4, 0.5) is 0 Å². The molecule has 0 aromatic heterocycles. The standard InChI is InChI=1S/C16H21NO3/c1-20-15-6-5-11(16(18)19)7-14(15)10-17-8-12-3-2-4-13(12)9-17/h5-7,12-13H,2-4,8-10H2,1H3,(H,18,19). The van der Waals surface area contributed by atoms with E-state index in [1.165, 1.54) is 19.3 Å². The highest BCUT2D eigenvalue weighted by atomic mass is 16.5. The topological polar surface area (TPSA) is 49.8 Å². The van der Waals surface area contributed by atoms with Crippen LogP contribution in [0.1, 0.15) is 35.2 Å². The molecule has 1 aliphatic carbocycles. The Labute approximate surface area is 119 Å². The van der Waals surface area contributed by atoms with Crippen molar-refractivity contribution in [3.63, 3.8) is 0 Å². The molecule has 1 saturated carbocycles. The first kappa shape index (κ1) is 13.4. The van der Waals surface area contributed by atoms with E-state index in [2.05, 4.69) is 4.90 Å². The van der Waals surface area contributed by atoms with Gasteiger partial charge in [-0.1, -0.05) is 6.42 Å². The predicted octanol–water partition coefficient (Wildman–Crippen LogP) is 2.63. The summed E-state index contributed by atoms with van der Waals surface area (Å²) in [5.74, 6) is 1.60. The van der Waals surface area contributed by atoms with Crippen molar-refractivity contribution in [3.8, 4) is 5.75 Å². The number of methoxy groups -OCH3 is 1. The van der Waals surface area contributed by atoms with Gasteiger partial charge in [0, 0.05) is 25.2 Å². The Hall–Kier alpha value is -1.55. The van der Waals surface area contributed by atoms with Crippen LogP contribution in [0.2, 0.25) is 0 Å². The molecule has 108 valence electrons. The quantitative estimate of drug-likeness (QED) is 0.917. The smallest absolute Gasteiger partial charge is 0.335 e. The molecule has 20 heavy (non-hydrogen) atoms. The highest BCUT2D eigenvalue weighted by Crippen LogP contribution is 2.38. The summed E-state index contributed by atoms with van der Waals surface area (Å²) in [6.45, 7) is 3.08. The van der Waals surface area contributed by atoms with Crippen LogP contribution in [0, 0.1) is 11.8 Å². The van der Waals surface area contributed by atoms with E-state index in [0.29, 0.717) is 5.56 Å². The van der Waals surface area contributed by atoms with Crippen molar-refractivity contribution < 1.29 is 14.6 Å². The molecule has 1 aromatic carbocycles. The third-order valence-corrected chi connectivity index (χ3v) is 4.72. The second-order valence-electron chi connectivity index (χ2n) is 5.98. The van der Waals surface area contributed by atoms with Crippen molar-refractivity contribution in [2.45, 2.75) is 25.8 Å². The molecule has 2 atom stereocenters. The van der Waals surface area contributed by atoms with E-state index >= 15 is 0 Å². The summed E-state index contributed by atoms with van der Waals surface area (Å²) in [7, 11) is 1.64. The maximum absolute atomic E-state index is 11.1. The van der Waals surface area contributed by atoms with Gasteiger partial charge in [0.25, 0.3) is 0 Å². The van der Waals surface area contributed by atoms with Crippen LogP contribution < -0.4 is 4.74 Å². The summed E-state index contributed by atoms with van der Waals surface area (Å²) in [6.07, 6.45) is 4.09. The normalized spacial score (nSPS) is 25.6. The van der Waals surface area contributed by atoms with E-state index < -0.39 is 5.97 Å². The molecule has 1 N–H and O–H groups in total. The maximum atomic E-state index is 11.1. The van der Waals surface area contributed by atoms with Gasteiger partial charge < -0.3 is 9.84 Å². The summed E-state index contributed by atoms with van der Waals surface area (Å²) in [5, 5.41) is 9.11. The fourth-order valence-electron chi connectivity index (χ4n) is 3.74. The number of nitrogens with zero attached hydrogens (tertiary/aromatic N) is 1. The lowest BCUT2D eigenvalue weighted by molar-refractivity contribution is 0.0696. The van der Waals surface area contributed by atoms with Gasteiger partial charge in [0.1, 0.15) is 5.75 Å². The molecule has 4 heteroatoms. The first-order valence-electron chi connectivity index (χ1n) is 7.30. The second-order valence-corrected chi connectivity index (χ2v) is 5.98. The lowest BCUT2D eigenvalue weighted by Gasteiger charge is -2.19. The van der Waals surface area contributed by atoms with Gasteiger partial charge in [-0.15, -0.1) is 0 Å². The Kier molecular flexibility index (Phi) is 3.66. The number of hydrogen-bond acceptors (Lipinski definition) is 3. The van der Waals surface area contributed by atoms with E-state index in [4.69, 9.17) is 9.84 Å². The van der Waals surface area contributed by atoms with Crippen molar-refractivity contribution >= 4 is 5.97 Å². The highest BCUT2D eigenvalue weighted by molar-refractivity contribution is 5.88. The molecule has 1 heterocycles. The first-order chi connectivity index (χ1) is 9.67. The van der Waals surface area contributed by atoms with Crippen molar-refractivity contribution in [1.29, 1.82) is 0 Å². The van der Waals surface area contributed by atoms with Crippen LogP contribution in [-0.2, 0) is 6.54 Å². The average molecular weight is 275 g/mol. The van der Waals surface area contributed by atoms with Crippen molar-refractivity contribution in [1.82, 2.24) is 4.90 Å². The predicted molar refractivity (Wildman–Crippen MR) is 76.1 cm³/mol. The summed E-state index contributed by atoms with van der Waals surface area (Å²) in [6, 6.07) is 5.11. The van der Waals surface area contributed by atoms with Gasteiger partial charge in [-0.25, -0.2) is 4.79 Å². The molecule has 2 fully saturated rings. The zero-order chi connectivity index (χ0) is 14.1. The van der Waals surface area contributed by atoms with Gasteiger partial charge in [0.05, 0.1) is 12.7 Å². The first-order valence-corrected chi connectivity index (χ1v) is 7.30. The van der Waals surface area contributed by atoms with Gasteiger partial charge in [-0.3, -0.25) is 4.90 Å². The number of rotatable bonds is 4. The molecule has 0 spiro atoms. The molecule has 0 radical (unpaired) electrons. The van der Waals surface area contributed by atoms with Crippen LogP contribution >= 0.6 is 0 Å². The van der Waals surface area contributed by atoms with Gasteiger partial charge in [0.15, 0.2) is 0 Å². The molecule has 1 aromatic rings. The zero-order valence-electron chi connectivity index (χ0n) is 11.8. The van der Waals surface area contributed by atoms with Crippen molar-refractivity contribution in [2.75, 3.05) is 20.2 Å². The number of fused-ring (bicyclic) bond motifs is 1. The molecule has 2 unspecified atom stereocenters. The Balaban J connectivity index is 1.76. The fraction of sp³-hybridized carbons (Fsp3) is 0.562. The Morgan fingerprint density at radius 1 is 1.35 bits per heavy atom. The van der Waals surface area contributed by atoms with E-state index in [9.17, 15) is 4.79 Å². The lowest BCUT2D eigenvalue weighted by Crippen LogP contribution is -2.21. The molecule has 0 bridgehead atoms. The number of carbonyl (C=O) groups is 1. The molecular weight excluding hydrogens is 254 g/mol. The Bertz CT molecular complexity index is 502. The zero-order valence-corrected chi connectivity index (χ0v) is 11.8. The van der Waals surface area contributed by atoms with Crippen LogP contribution in [-0.4, -0.2) is 36.2 Å². The largest absolute Gasteiger partial charge is 0.496 e. The SMILES string of the molecule is COc1ccc(C(=O)O)cc1CN1CC2CCCC2C1. The number of carboxylic acids is 1. The number of likely N-dealkylation sites (tertiary alicyclic amines) is 1. The molecule has 3 rings (SSSR count). The fourth-order valence-corrected chi connectivity index (χ4v) is 3.74. The number of benzene rings is 1. The monoisotopic (exact) mass is 275 g/mol. The maximum Gasteiger partial charge on any atom is 0.335 e. The summed E-state index contributed by atoms with van der Waals surface area (Å²) in [5.41, 5.74) is 1.31. The molecule has 1 aliphatic heterocycles. The second kappa shape index (κ2) is 5.44. The van der Waals surface area contributed by atoms with Crippen LogP contribution in [0.5, 0.6) is 5.75 Å². The minimum absolute atomic E-state index is 0.334. The van der Waals surface area contributed by atoms with E-state index in [1.807, 2.05) is 0 Å². The molecule has 1 saturated heterocycles. The highest BCUT2D eigenvalue weighted by Gasteiger charge is 2.36. The van der Waals surface area contributed by atoms with Crippen molar-refractivity contribution in [3.05, 3.63) is 29.3 Å². The Morgan fingerprint density at radius 2 is 2.05 bits per heavy atom. The lowest BCUT2D eigenvalue weighted by atomic mass is 10.0. The van der Waals surface area contributed by atoms with E-state index in [-0.39, 0.29) is 0 Å². The molecular formula is C16H21NO3. The minimum Gasteiger partial charge on any atom is -0.496 e. The minimum atomic E-state index is -0.882. The van der Waals surface area contributed by atoms with Crippen molar-refractivity contribution in [2.24, 2.45) is 11.8 Å². The van der Waals surface area contributed by atoms with E-state index in [1.54, 1.807) is 25.3 Å². The molecule has 4 nitrogen and oxygen atoms in total. The van der Waals surface area contributed by atoms with Crippen LogP contribution in [0.15, 0.2) is 18.2 Å². The average Bonchev–Trinajstić information content (AvgIpc) is 2.99. The van der Waals surface area contributed by atoms with Gasteiger partial charge in [-0.05, 0) is 42.9 Å². The molecule has 0 amide bonds. The number of aromatic carboxylic acids is 1. The number of hydrogen-bond donors (Lipinski definition) is 1. The van der Waals surface area contributed by atoms with Crippen LogP contribution in [0.3, 0.4) is 0 Å². The number of ether oxygens (including phenoxy) is 1. The summed E-state index contributed by atoms with van der Waals surface area (Å²) < 4.78 is 5.36. The molecule has 2 aliphatic rings. The third kappa shape index (κ3) is 2.52. The van der Waals surface area contributed by atoms with E-state index in [0.717, 1.165) is 42.8 Å². The Morgan fingerprint density at radius 3 is 2.65 bits per heavy atom. The summed E-state index contributed by atoms with van der Waals surface area (Å²) >= 11 is 0. The van der Waals surface area contributed by atoms with Crippen LogP contribution in [0.25, 0.3) is 0 Å². The van der Waals surface area contributed by atoms with Gasteiger partial charge in [-0.2, -0.15) is 0 Å². The van der Waals surface area contributed by atoms with Gasteiger partial charge in [0.2, 0.25) is 0 Å². The van der Waals surface area contributed by atoms with Gasteiger partial charge >= 0.3 is 5.97 Å². The third-order valence-electron chi connectivity index (χ3n) is 4.72. The summed E-state index contributed by atoms with van der Waals surface area (Å²) in [4.78, 5) is 13.5. The number of carboxylic acid groups (broad SMARTS) is 1.